The number of halogens is 1. The third-order valence-corrected chi connectivity index (χ3v) is 1.85. The molecule has 2 amide bonds. The molecule has 2 rings (SSSR count). The lowest BCUT2D eigenvalue weighted by molar-refractivity contribution is 0.252. The monoisotopic (exact) mass is 179 g/mol. The third kappa shape index (κ3) is 1.47. The zero-order chi connectivity index (χ0) is 9.26. The summed E-state index contributed by atoms with van der Waals surface area (Å²) in [6, 6.07) is 5.61. The number of urea groups is 1. The number of nitrogens with zero attached hydrogens (tertiary/aromatic N) is 1. The van der Waals surface area contributed by atoms with Crippen molar-refractivity contribution in [1.29, 1.82) is 0 Å². The van der Waals surface area contributed by atoms with Gasteiger partial charge in [0.2, 0.25) is 0 Å². The Balaban J connectivity index is 2.25. The van der Waals surface area contributed by atoms with Crippen LogP contribution in [-0.4, -0.2) is 12.6 Å². The van der Waals surface area contributed by atoms with Gasteiger partial charge < -0.3 is 5.32 Å². The summed E-state index contributed by atoms with van der Waals surface area (Å²) in [4.78, 5) is 12.6. The zero-order valence-electron chi connectivity index (χ0n) is 6.83. The number of anilines is 1. The predicted molar refractivity (Wildman–Crippen MR) is 46.6 cm³/mol. The standard InChI is InChI=1S/C9H8FN2O/c10-7-1-3-8(4-2-7)12-6-5-11-9(12)13/h1-4,6H,5H2,(H,11,13). The van der Waals surface area contributed by atoms with E-state index in [1.807, 2.05) is 0 Å². The van der Waals surface area contributed by atoms with Gasteiger partial charge in [-0.15, -0.1) is 0 Å². The minimum atomic E-state index is -0.302. The van der Waals surface area contributed by atoms with E-state index in [-0.39, 0.29) is 11.8 Å². The van der Waals surface area contributed by atoms with E-state index in [2.05, 4.69) is 5.32 Å². The van der Waals surface area contributed by atoms with Crippen molar-refractivity contribution in [2.24, 2.45) is 0 Å². The molecule has 0 aliphatic carbocycles. The highest BCUT2D eigenvalue weighted by Gasteiger charge is 2.21. The van der Waals surface area contributed by atoms with Crippen LogP contribution in [0.5, 0.6) is 0 Å². The van der Waals surface area contributed by atoms with E-state index in [9.17, 15) is 9.18 Å². The van der Waals surface area contributed by atoms with E-state index in [0.29, 0.717) is 12.2 Å². The summed E-state index contributed by atoms with van der Waals surface area (Å²) in [6.07, 6.45) is 0. The van der Waals surface area contributed by atoms with Crippen LogP contribution in [0.2, 0.25) is 0 Å². The summed E-state index contributed by atoms with van der Waals surface area (Å²) in [7, 11) is 0. The van der Waals surface area contributed by atoms with Crippen molar-refractivity contribution < 1.29 is 9.18 Å². The van der Waals surface area contributed by atoms with Gasteiger partial charge >= 0.3 is 6.03 Å². The zero-order valence-corrected chi connectivity index (χ0v) is 6.83. The van der Waals surface area contributed by atoms with Gasteiger partial charge in [0.15, 0.2) is 0 Å². The van der Waals surface area contributed by atoms with Crippen molar-refractivity contribution in [1.82, 2.24) is 5.32 Å². The van der Waals surface area contributed by atoms with Crippen molar-refractivity contribution >= 4 is 11.7 Å². The molecule has 1 aromatic rings. The molecule has 4 heteroatoms. The first-order valence-corrected chi connectivity index (χ1v) is 3.93. The Morgan fingerprint density at radius 3 is 2.54 bits per heavy atom. The van der Waals surface area contributed by atoms with Crippen molar-refractivity contribution in [3.05, 3.63) is 36.6 Å². The van der Waals surface area contributed by atoms with Crippen LogP contribution in [-0.2, 0) is 0 Å². The van der Waals surface area contributed by atoms with E-state index in [4.69, 9.17) is 0 Å². The first-order valence-electron chi connectivity index (χ1n) is 3.93. The average Bonchev–Trinajstić information content (AvgIpc) is 2.53. The summed E-state index contributed by atoms with van der Waals surface area (Å²) in [6.45, 7) is 2.24. The fourth-order valence-corrected chi connectivity index (χ4v) is 1.22. The quantitative estimate of drug-likeness (QED) is 0.696. The maximum Gasteiger partial charge on any atom is 0.322 e. The van der Waals surface area contributed by atoms with Gasteiger partial charge in [0, 0.05) is 12.2 Å². The maximum atomic E-state index is 12.5. The molecule has 1 aliphatic heterocycles. The second kappa shape index (κ2) is 3.05. The van der Waals surface area contributed by atoms with E-state index >= 15 is 0 Å². The van der Waals surface area contributed by atoms with Gasteiger partial charge in [-0.05, 0) is 24.3 Å². The Morgan fingerprint density at radius 1 is 1.31 bits per heavy atom. The largest absolute Gasteiger partial charge is 0.336 e. The van der Waals surface area contributed by atoms with Crippen LogP contribution in [0.15, 0.2) is 24.3 Å². The van der Waals surface area contributed by atoms with Crippen LogP contribution in [0.1, 0.15) is 0 Å². The molecule has 1 radical (unpaired) electrons. The molecular weight excluding hydrogens is 171 g/mol. The topological polar surface area (TPSA) is 32.3 Å². The molecule has 0 unspecified atom stereocenters. The number of hydrogen-bond acceptors (Lipinski definition) is 1. The summed E-state index contributed by atoms with van der Waals surface area (Å²) in [5.74, 6) is -0.302. The van der Waals surface area contributed by atoms with Gasteiger partial charge in [0.1, 0.15) is 5.82 Å². The van der Waals surface area contributed by atoms with Crippen LogP contribution >= 0.6 is 0 Å². The fourth-order valence-electron chi connectivity index (χ4n) is 1.22. The van der Waals surface area contributed by atoms with Crippen LogP contribution in [0.25, 0.3) is 0 Å². The molecule has 0 saturated carbocycles. The Hall–Kier alpha value is -1.58. The second-order valence-corrected chi connectivity index (χ2v) is 2.72. The van der Waals surface area contributed by atoms with Crippen molar-refractivity contribution in [2.75, 3.05) is 11.4 Å². The Kier molecular flexibility index (Phi) is 1.88. The first-order chi connectivity index (χ1) is 6.27. The number of amides is 2. The molecule has 1 saturated heterocycles. The van der Waals surface area contributed by atoms with E-state index in [1.165, 1.54) is 17.0 Å². The predicted octanol–water partition coefficient (Wildman–Crippen LogP) is 1.52. The summed E-state index contributed by atoms with van der Waals surface area (Å²) < 4.78 is 12.5. The Morgan fingerprint density at radius 2 is 2.00 bits per heavy atom. The van der Waals surface area contributed by atoms with Crippen molar-refractivity contribution in [3.63, 3.8) is 0 Å². The normalized spacial score (nSPS) is 16.1. The van der Waals surface area contributed by atoms with E-state index in [0.717, 1.165) is 0 Å². The number of benzene rings is 1. The van der Waals surface area contributed by atoms with Gasteiger partial charge in [0.25, 0.3) is 0 Å². The summed E-state index contributed by atoms with van der Waals surface area (Å²) in [5.41, 5.74) is 0.677. The molecule has 0 atom stereocenters. The number of nitrogens with one attached hydrogen (secondary N) is 1. The van der Waals surface area contributed by atoms with Crippen LogP contribution in [0.4, 0.5) is 14.9 Å². The van der Waals surface area contributed by atoms with Gasteiger partial charge in [0.05, 0.1) is 6.54 Å². The lowest BCUT2D eigenvalue weighted by atomic mass is 10.3. The van der Waals surface area contributed by atoms with Gasteiger partial charge in [-0.25, -0.2) is 9.18 Å². The first kappa shape index (κ1) is 8.04. The molecule has 13 heavy (non-hydrogen) atoms. The van der Waals surface area contributed by atoms with Crippen LogP contribution in [0, 0.1) is 12.4 Å². The van der Waals surface area contributed by atoms with Gasteiger partial charge in [-0.3, -0.25) is 4.90 Å². The van der Waals surface area contributed by atoms with Crippen molar-refractivity contribution in [2.45, 2.75) is 0 Å². The molecule has 1 aromatic carbocycles. The smallest absolute Gasteiger partial charge is 0.322 e. The number of rotatable bonds is 1. The number of hydrogen-bond donors (Lipinski definition) is 1. The third-order valence-electron chi connectivity index (χ3n) is 1.85. The van der Waals surface area contributed by atoms with Crippen LogP contribution < -0.4 is 10.2 Å². The van der Waals surface area contributed by atoms with Gasteiger partial charge in [-0.2, -0.15) is 0 Å². The molecule has 0 spiro atoms. The maximum absolute atomic E-state index is 12.5. The minimum Gasteiger partial charge on any atom is -0.336 e. The average molecular weight is 179 g/mol. The Labute approximate surface area is 75.2 Å². The van der Waals surface area contributed by atoms with E-state index < -0.39 is 0 Å². The summed E-state index contributed by atoms with van der Waals surface area (Å²) >= 11 is 0. The molecular formula is C9H8FN2O. The lowest BCUT2D eigenvalue weighted by Gasteiger charge is -2.12. The summed E-state index contributed by atoms with van der Waals surface area (Å²) in [5, 5.41) is 2.62. The molecule has 0 bridgehead atoms. The van der Waals surface area contributed by atoms with Crippen molar-refractivity contribution in [3.8, 4) is 0 Å². The van der Waals surface area contributed by atoms with E-state index in [1.54, 1.807) is 18.7 Å². The number of carbonyl (C=O) groups is 1. The SMILES string of the molecule is O=C1NC[CH]N1c1ccc(F)cc1. The fraction of sp³-hybridized carbons (Fsp3) is 0.111. The Bertz CT molecular complexity index is 323. The van der Waals surface area contributed by atoms with Gasteiger partial charge in [-0.1, -0.05) is 0 Å². The lowest BCUT2D eigenvalue weighted by Crippen LogP contribution is -2.26. The van der Waals surface area contributed by atoms with Crippen LogP contribution in [0.3, 0.4) is 0 Å². The molecule has 3 nitrogen and oxygen atoms in total. The minimum absolute atomic E-state index is 0.174. The highest BCUT2D eigenvalue weighted by Crippen LogP contribution is 2.18. The molecule has 1 aliphatic rings. The molecule has 1 heterocycles. The highest BCUT2D eigenvalue weighted by atomic mass is 19.1. The second-order valence-electron chi connectivity index (χ2n) is 2.72. The highest BCUT2D eigenvalue weighted by molar-refractivity contribution is 5.95. The molecule has 1 N–H and O–H groups in total. The molecule has 67 valence electrons. The molecule has 0 aromatic heterocycles. The molecule has 1 fully saturated rings. The number of carbonyl (C=O) groups excluding carboxylic acids is 1.